The molecule has 0 bridgehead atoms. The molecule has 52 heavy (non-hydrogen) atoms. The Hall–Kier alpha value is -6.17. The molecule has 8 aromatic carbocycles. The van der Waals surface area contributed by atoms with E-state index in [2.05, 4.69) is 191 Å². The first-order valence-corrected chi connectivity index (χ1v) is 21.8. The van der Waals surface area contributed by atoms with E-state index in [9.17, 15) is 4.39 Å². The Morgan fingerprint density at radius 3 is 1.35 bits per heavy atom. The second kappa shape index (κ2) is 13.5. The topological polar surface area (TPSA) is 8.17 Å². The van der Waals surface area contributed by atoms with Crippen LogP contribution in [0.4, 0.5) is 21.5 Å². The first kappa shape index (κ1) is 31.8. The molecule has 248 valence electrons. The molecular weight excluding hydrogens is 696 g/mol. The molecule has 0 amide bonds. The van der Waals surface area contributed by atoms with E-state index in [-0.39, 0.29) is 5.82 Å². The summed E-state index contributed by atoms with van der Waals surface area (Å²) >= 11 is -3.44. The molecular formula is C48H35FGeN2. The molecule has 9 rings (SSSR count). The SMILES string of the molecule is Fc1ccc(N(c2cc[c]([Ge]([c]3ccccc3)([c]3ccccc3)[c]3ccccc3)cc2)c2ccc3c(c2)c2ccccc2n3-c2ccccc2)cc1. The zero-order chi connectivity index (χ0) is 34.9. The molecule has 1 heterocycles. The number of aromatic nitrogens is 1. The molecule has 1 aromatic heterocycles. The first-order valence-electron chi connectivity index (χ1n) is 17.6. The molecule has 2 nitrogen and oxygen atoms in total. The van der Waals surface area contributed by atoms with Gasteiger partial charge in [-0.25, -0.2) is 0 Å². The molecule has 0 aliphatic carbocycles. The van der Waals surface area contributed by atoms with Gasteiger partial charge in [-0.2, -0.15) is 0 Å². The number of halogens is 1. The van der Waals surface area contributed by atoms with Crippen LogP contribution in [0, 0.1) is 5.82 Å². The van der Waals surface area contributed by atoms with Gasteiger partial charge in [-0.05, 0) is 0 Å². The van der Waals surface area contributed by atoms with Crippen LogP contribution >= 0.6 is 0 Å². The van der Waals surface area contributed by atoms with Gasteiger partial charge in [0.2, 0.25) is 0 Å². The number of hydrogen-bond acceptors (Lipinski definition) is 1. The molecule has 0 spiro atoms. The number of para-hydroxylation sites is 2. The van der Waals surface area contributed by atoms with Crippen molar-refractivity contribution in [1.29, 1.82) is 0 Å². The van der Waals surface area contributed by atoms with Crippen LogP contribution in [0.15, 0.2) is 212 Å². The third kappa shape index (κ3) is 5.42. The standard InChI is InChI=1S/C48H35FGeN2/c49-36-25-29-42(30-26-36)51(44-33-34-48-46(35-44)45-23-13-14-24-47(45)52(48)41-21-11-4-12-22-41)43-31-27-40(28-32-43)50(37-15-5-1-6-16-37,38-17-7-2-8-18-38)39-19-9-3-10-20-39/h1-35H. The third-order valence-electron chi connectivity index (χ3n) is 10.2. The summed E-state index contributed by atoms with van der Waals surface area (Å²) in [6, 6.07) is 74.8. The Morgan fingerprint density at radius 2 is 0.788 bits per heavy atom. The number of nitrogens with zero attached hydrogens (tertiary/aromatic N) is 2. The van der Waals surface area contributed by atoms with E-state index in [1.54, 1.807) is 0 Å². The van der Waals surface area contributed by atoms with Crippen LogP contribution in [-0.4, -0.2) is 17.8 Å². The van der Waals surface area contributed by atoms with E-state index in [0.717, 1.165) is 39.2 Å². The Morgan fingerprint density at radius 1 is 0.365 bits per heavy atom. The minimum absolute atomic E-state index is 0.258. The van der Waals surface area contributed by atoms with Crippen LogP contribution in [0.5, 0.6) is 0 Å². The quantitative estimate of drug-likeness (QED) is 0.141. The molecule has 0 radical (unpaired) electrons. The number of anilines is 3. The van der Waals surface area contributed by atoms with Gasteiger partial charge < -0.3 is 0 Å². The normalized spacial score (nSPS) is 11.6. The van der Waals surface area contributed by atoms with Crippen molar-refractivity contribution in [3.05, 3.63) is 218 Å². The molecule has 0 unspecified atom stereocenters. The average Bonchev–Trinajstić information content (AvgIpc) is 3.55. The van der Waals surface area contributed by atoms with Gasteiger partial charge in [-0.15, -0.1) is 0 Å². The minimum atomic E-state index is -3.44. The fourth-order valence-corrected chi connectivity index (χ4v) is 17.9. The van der Waals surface area contributed by atoms with Crippen molar-refractivity contribution in [3.63, 3.8) is 0 Å². The van der Waals surface area contributed by atoms with Gasteiger partial charge in [0, 0.05) is 0 Å². The predicted molar refractivity (Wildman–Crippen MR) is 219 cm³/mol. The van der Waals surface area contributed by atoms with E-state index in [1.807, 2.05) is 18.2 Å². The monoisotopic (exact) mass is 732 g/mol. The van der Waals surface area contributed by atoms with Gasteiger partial charge in [0.1, 0.15) is 0 Å². The van der Waals surface area contributed by atoms with Gasteiger partial charge in [-0.3, -0.25) is 0 Å². The summed E-state index contributed by atoms with van der Waals surface area (Å²) in [6.07, 6.45) is 0. The maximum absolute atomic E-state index is 14.4. The Balaban J connectivity index is 1.24. The molecule has 0 aliphatic rings. The molecule has 0 N–H and O–H groups in total. The molecule has 0 atom stereocenters. The van der Waals surface area contributed by atoms with Crippen molar-refractivity contribution in [1.82, 2.24) is 4.57 Å². The van der Waals surface area contributed by atoms with Crippen molar-refractivity contribution < 1.29 is 4.39 Å². The van der Waals surface area contributed by atoms with Crippen molar-refractivity contribution in [2.24, 2.45) is 0 Å². The van der Waals surface area contributed by atoms with E-state index < -0.39 is 13.3 Å². The molecule has 0 saturated heterocycles. The van der Waals surface area contributed by atoms with Gasteiger partial charge in [-0.1, -0.05) is 18.2 Å². The van der Waals surface area contributed by atoms with Gasteiger partial charge in [0.25, 0.3) is 0 Å². The van der Waals surface area contributed by atoms with E-state index in [0.29, 0.717) is 0 Å². The summed E-state index contributed by atoms with van der Waals surface area (Å²) in [5.74, 6) is -0.258. The summed E-state index contributed by atoms with van der Waals surface area (Å²) in [4.78, 5) is 2.24. The van der Waals surface area contributed by atoms with Gasteiger partial charge >= 0.3 is 289 Å². The average molecular weight is 731 g/mol. The second-order valence-corrected chi connectivity index (χ2v) is 21.1. The molecule has 0 saturated carbocycles. The van der Waals surface area contributed by atoms with Gasteiger partial charge in [0.05, 0.1) is 0 Å². The number of fused-ring (bicyclic) bond motifs is 3. The van der Waals surface area contributed by atoms with Crippen LogP contribution in [0.3, 0.4) is 0 Å². The molecule has 9 aromatic rings. The van der Waals surface area contributed by atoms with E-state index in [4.69, 9.17) is 0 Å². The number of benzene rings is 8. The number of rotatable bonds is 8. The third-order valence-corrected chi connectivity index (χ3v) is 20.3. The molecule has 0 aliphatic heterocycles. The van der Waals surface area contributed by atoms with Crippen molar-refractivity contribution >= 4 is 69.7 Å². The summed E-state index contributed by atoms with van der Waals surface area (Å²) in [5, 5.41) is 2.34. The fraction of sp³-hybridized carbons (Fsp3) is 0. The first-order chi connectivity index (χ1) is 25.7. The van der Waals surface area contributed by atoms with Crippen LogP contribution in [0.2, 0.25) is 0 Å². The van der Waals surface area contributed by atoms with Crippen molar-refractivity contribution in [3.8, 4) is 5.69 Å². The molecule has 4 heteroatoms. The van der Waals surface area contributed by atoms with Crippen LogP contribution in [0.1, 0.15) is 0 Å². The zero-order valence-electron chi connectivity index (χ0n) is 28.5. The Bertz CT molecular complexity index is 2510. The fourth-order valence-electron chi connectivity index (χ4n) is 7.92. The van der Waals surface area contributed by atoms with E-state index in [1.165, 1.54) is 35.1 Å². The summed E-state index contributed by atoms with van der Waals surface area (Å²) in [7, 11) is 0. The zero-order valence-corrected chi connectivity index (χ0v) is 30.6. The maximum atomic E-state index is 14.4. The van der Waals surface area contributed by atoms with Crippen LogP contribution in [0.25, 0.3) is 27.5 Å². The van der Waals surface area contributed by atoms with Crippen molar-refractivity contribution in [2.45, 2.75) is 0 Å². The second-order valence-electron chi connectivity index (χ2n) is 13.1. The predicted octanol–water partition coefficient (Wildman–Crippen LogP) is 9.77. The van der Waals surface area contributed by atoms with E-state index >= 15 is 0 Å². The molecule has 0 fully saturated rings. The Kier molecular flexibility index (Phi) is 8.26. The number of hydrogen-bond donors (Lipinski definition) is 0. The van der Waals surface area contributed by atoms with Gasteiger partial charge in [0.15, 0.2) is 0 Å². The summed E-state index contributed by atoms with van der Waals surface area (Å²) in [6.45, 7) is 0. The van der Waals surface area contributed by atoms with Crippen molar-refractivity contribution in [2.75, 3.05) is 4.90 Å². The summed E-state index contributed by atoms with van der Waals surface area (Å²) < 4.78 is 22.2. The van der Waals surface area contributed by atoms with Crippen LogP contribution in [-0.2, 0) is 0 Å². The summed E-state index contributed by atoms with van der Waals surface area (Å²) in [5.41, 5.74) is 6.32. The van der Waals surface area contributed by atoms with Crippen LogP contribution < -0.4 is 22.5 Å². The Labute approximate surface area is 306 Å².